The van der Waals surface area contributed by atoms with E-state index in [0.717, 1.165) is 61.8 Å². The molecular weight excluding hydrogens is 423 g/mol. The number of nitrogens with zero attached hydrogens (tertiary/aromatic N) is 2. The molecule has 2 aliphatic heterocycles. The molecule has 2 N–H and O–H groups in total. The Bertz CT molecular complexity index is 805. The number of urea groups is 1. The Morgan fingerprint density at radius 1 is 1.03 bits per heavy atom. The molecular formula is C22H30Cl2N4O2. The summed E-state index contributed by atoms with van der Waals surface area (Å²) in [5.74, 6) is 0.842. The summed E-state index contributed by atoms with van der Waals surface area (Å²) >= 11 is 0. The van der Waals surface area contributed by atoms with Crippen LogP contribution in [0.4, 0.5) is 10.5 Å². The highest BCUT2D eigenvalue weighted by molar-refractivity contribution is 5.90. The molecule has 2 aromatic rings. The van der Waals surface area contributed by atoms with Crippen molar-refractivity contribution in [1.29, 1.82) is 0 Å². The van der Waals surface area contributed by atoms with Crippen molar-refractivity contribution in [2.24, 2.45) is 0 Å². The van der Waals surface area contributed by atoms with Crippen LogP contribution < -0.4 is 15.4 Å². The Hall–Kier alpha value is -1.99. The highest BCUT2D eigenvalue weighted by atomic mass is 35.5. The molecule has 2 amide bonds. The van der Waals surface area contributed by atoms with Crippen LogP contribution in [-0.2, 0) is 0 Å². The normalized spacial score (nSPS) is 18.8. The maximum Gasteiger partial charge on any atom is 0.321 e. The first-order chi connectivity index (χ1) is 13.7. The minimum absolute atomic E-state index is 0. The lowest BCUT2D eigenvalue weighted by atomic mass is 10.0. The summed E-state index contributed by atoms with van der Waals surface area (Å²) in [6.07, 6.45) is 1.21. The van der Waals surface area contributed by atoms with E-state index in [9.17, 15) is 4.79 Å². The third-order valence-corrected chi connectivity index (χ3v) is 5.71. The average Bonchev–Trinajstić information content (AvgIpc) is 3.29. The van der Waals surface area contributed by atoms with Gasteiger partial charge in [-0.05, 0) is 36.7 Å². The molecule has 2 saturated heterocycles. The Labute approximate surface area is 190 Å². The molecule has 2 heterocycles. The second-order valence-corrected chi connectivity index (χ2v) is 7.38. The maximum atomic E-state index is 12.6. The molecule has 0 aliphatic carbocycles. The second kappa shape index (κ2) is 11.4. The van der Waals surface area contributed by atoms with Gasteiger partial charge >= 0.3 is 6.03 Å². The summed E-state index contributed by atoms with van der Waals surface area (Å²) in [6.45, 7) is 5.64. The number of ether oxygens (including phenoxy) is 1. The number of methoxy groups -OCH3 is 1. The van der Waals surface area contributed by atoms with Gasteiger partial charge < -0.3 is 20.3 Å². The van der Waals surface area contributed by atoms with Gasteiger partial charge in [0.25, 0.3) is 0 Å². The summed E-state index contributed by atoms with van der Waals surface area (Å²) in [5.41, 5.74) is 2.92. The molecule has 2 aromatic carbocycles. The molecule has 6 nitrogen and oxygen atoms in total. The van der Waals surface area contributed by atoms with Gasteiger partial charge in [0, 0.05) is 50.0 Å². The van der Waals surface area contributed by atoms with Gasteiger partial charge in [-0.2, -0.15) is 0 Å². The SMILES string of the molecule is COc1ccccc1-c1ccc(NC(=O)N2CCN(C3CCNC3)CC2)cc1.Cl.Cl. The minimum atomic E-state index is -0.0192. The maximum absolute atomic E-state index is 12.6. The number of hydrogen-bond acceptors (Lipinski definition) is 4. The molecule has 0 saturated carbocycles. The summed E-state index contributed by atoms with van der Waals surface area (Å²) < 4.78 is 5.44. The molecule has 1 unspecified atom stereocenters. The van der Waals surface area contributed by atoms with E-state index >= 15 is 0 Å². The van der Waals surface area contributed by atoms with Gasteiger partial charge in [-0.1, -0.05) is 30.3 Å². The number of hydrogen-bond donors (Lipinski definition) is 2. The molecule has 2 aliphatic rings. The zero-order valence-electron chi connectivity index (χ0n) is 17.2. The van der Waals surface area contributed by atoms with Crippen LogP contribution in [0.1, 0.15) is 6.42 Å². The lowest BCUT2D eigenvalue weighted by molar-refractivity contribution is 0.119. The highest BCUT2D eigenvalue weighted by Crippen LogP contribution is 2.30. The lowest BCUT2D eigenvalue weighted by Gasteiger charge is -2.37. The number of amides is 2. The van der Waals surface area contributed by atoms with Crippen molar-refractivity contribution < 1.29 is 9.53 Å². The zero-order chi connectivity index (χ0) is 19.3. The van der Waals surface area contributed by atoms with E-state index in [-0.39, 0.29) is 30.8 Å². The van der Waals surface area contributed by atoms with E-state index in [1.807, 2.05) is 53.4 Å². The molecule has 8 heteroatoms. The van der Waals surface area contributed by atoms with Gasteiger partial charge in [-0.3, -0.25) is 4.90 Å². The van der Waals surface area contributed by atoms with Crippen molar-refractivity contribution >= 4 is 36.5 Å². The first-order valence-corrected chi connectivity index (χ1v) is 9.99. The Morgan fingerprint density at radius 2 is 1.73 bits per heavy atom. The van der Waals surface area contributed by atoms with Crippen molar-refractivity contribution in [2.45, 2.75) is 12.5 Å². The van der Waals surface area contributed by atoms with Gasteiger partial charge in [-0.15, -0.1) is 24.8 Å². The van der Waals surface area contributed by atoms with Crippen LogP contribution in [0.25, 0.3) is 11.1 Å². The van der Waals surface area contributed by atoms with Crippen LogP contribution in [-0.4, -0.2) is 68.3 Å². The topological polar surface area (TPSA) is 56.8 Å². The van der Waals surface area contributed by atoms with Gasteiger partial charge in [0.2, 0.25) is 0 Å². The number of benzene rings is 2. The number of carbonyl (C=O) groups excluding carboxylic acids is 1. The Morgan fingerprint density at radius 3 is 2.37 bits per heavy atom. The van der Waals surface area contributed by atoms with Crippen molar-refractivity contribution in [1.82, 2.24) is 15.1 Å². The number of carbonyl (C=O) groups is 1. The minimum Gasteiger partial charge on any atom is -0.496 e. The van der Waals surface area contributed by atoms with Crippen LogP contribution >= 0.6 is 24.8 Å². The van der Waals surface area contributed by atoms with Gasteiger partial charge in [0.05, 0.1) is 7.11 Å². The van der Waals surface area contributed by atoms with E-state index in [1.54, 1.807) is 7.11 Å². The fourth-order valence-corrected chi connectivity index (χ4v) is 4.06. The summed E-state index contributed by atoms with van der Waals surface area (Å²) in [7, 11) is 1.68. The number of para-hydroxylation sites is 1. The van der Waals surface area contributed by atoms with Gasteiger partial charge in [0.15, 0.2) is 0 Å². The van der Waals surface area contributed by atoms with E-state index in [0.29, 0.717) is 6.04 Å². The molecule has 0 radical (unpaired) electrons. The Balaban J connectivity index is 0.00000160. The van der Waals surface area contributed by atoms with E-state index in [1.165, 1.54) is 6.42 Å². The monoisotopic (exact) mass is 452 g/mol. The van der Waals surface area contributed by atoms with Crippen molar-refractivity contribution in [3.8, 4) is 16.9 Å². The lowest BCUT2D eigenvalue weighted by Crippen LogP contribution is -2.53. The standard InChI is InChI=1S/C22H28N4O2.2ClH/c1-28-21-5-3-2-4-20(21)17-6-8-18(9-7-17)24-22(27)26-14-12-25(13-15-26)19-10-11-23-16-19;;/h2-9,19,23H,10-16H2,1H3,(H,24,27);2*1H. The predicted molar refractivity (Wildman–Crippen MR) is 126 cm³/mol. The van der Waals surface area contributed by atoms with Crippen molar-refractivity contribution in [3.63, 3.8) is 0 Å². The van der Waals surface area contributed by atoms with E-state index < -0.39 is 0 Å². The molecule has 0 bridgehead atoms. The van der Waals surface area contributed by atoms with Gasteiger partial charge in [0.1, 0.15) is 5.75 Å². The first-order valence-electron chi connectivity index (χ1n) is 9.99. The van der Waals surface area contributed by atoms with Crippen LogP contribution in [0.5, 0.6) is 5.75 Å². The summed E-state index contributed by atoms with van der Waals surface area (Å²) in [6, 6.07) is 16.5. The second-order valence-electron chi connectivity index (χ2n) is 7.38. The van der Waals surface area contributed by atoms with Crippen LogP contribution in [0.3, 0.4) is 0 Å². The number of anilines is 1. The number of nitrogens with one attached hydrogen (secondary N) is 2. The average molecular weight is 453 g/mol. The molecule has 164 valence electrons. The largest absolute Gasteiger partial charge is 0.496 e. The van der Waals surface area contributed by atoms with Gasteiger partial charge in [-0.25, -0.2) is 4.79 Å². The molecule has 0 aromatic heterocycles. The summed E-state index contributed by atoms with van der Waals surface area (Å²) in [4.78, 5) is 17.0. The molecule has 0 spiro atoms. The quantitative estimate of drug-likeness (QED) is 0.741. The van der Waals surface area contributed by atoms with E-state index in [2.05, 4.69) is 15.5 Å². The van der Waals surface area contributed by atoms with Crippen LogP contribution in [0.2, 0.25) is 0 Å². The van der Waals surface area contributed by atoms with Crippen molar-refractivity contribution in [3.05, 3.63) is 48.5 Å². The third kappa shape index (κ3) is 5.58. The van der Waals surface area contributed by atoms with E-state index in [4.69, 9.17) is 4.74 Å². The van der Waals surface area contributed by atoms with Crippen LogP contribution in [0.15, 0.2) is 48.5 Å². The highest BCUT2D eigenvalue weighted by Gasteiger charge is 2.27. The third-order valence-electron chi connectivity index (χ3n) is 5.71. The number of rotatable bonds is 4. The fourth-order valence-electron chi connectivity index (χ4n) is 4.06. The zero-order valence-corrected chi connectivity index (χ0v) is 18.8. The van der Waals surface area contributed by atoms with Crippen molar-refractivity contribution in [2.75, 3.05) is 51.7 Å². The fraction of sp³-hybridized carbons (Fsp3) is 0.409. The Kier molecular flexibility index (Phi) is 9.24. The number of halogens is 2. The molecule has 1 atom stereocenters. The molecule has 30 heavy (non-hydrogen) atoms. The molecule has 4 rings (SSSR count). The number of piperazine rings is 1. The summed E-state index contributed by atoms with van der Waals surface area (Å²) in [5, 5.41) is 6.45. The molecule has 2 fully saturated rings. The first kappa shape index (κ1) is 24.3. The predicted octanol–water partition coefficient (Wildman–Crippen LogP) is 3.72. The smallest absolute Gasteiger partial charge is 0.321 e. The van der Waals surface area contributed by atoms with Crippen LogP contribution in [0, 0.1) is 0 Å².